The maximum absolute atomic E-state index is 12.1. The number of aryl methyl sites for hydroxylation is 1. The molecule has 0 aliphatic carbocycles. The predicted octanol–water partition coefficient (Wildman–Crippen LogP) is 2.77. The molecule has 1 aromatic rings. The second-order valence-electron chi connectivity index (χ2n) is 4.69. The van der Waals surface area contributed by atoms with Crippen molar-refractivity contribution in [2.45, 2.75) is 32.1 Å². The van der Waals surface area contributed by atoms with Gasteiger partial charge in [-0.15, -0.1) is 0 Å². The highest BCUT2D eigenvalue weighted by Gasteiger charge is 2.14. The molecule has 20 heavy (non-hydrogen) atoms. The maximum atomic E-state index is 12.1. The Morgan fingerprint density at radius 2 is 1.90 bits per heavy atom. The molecule has 1 N–H and O–H groups in total. The summed E-state index contributed by atoms with van der Waals surface area (Å²) >= 11 is 3.37. The normalized spacial score (nSPS) is 12.1. The van der Waals surface area contributed by atoms with Crippen LogP contribution in [0.4, 0.5) is 0 Å². The monoisotopic (exact) mass is 362 g/mol. The van der Waals surface area contributed by atoms with Gasteiger partial charge in [0.2, 0.25) is 10.0 Å². The Hall–Kier alpha value is -0.430. The molecule has 4 nitrogen and oxygen atoms in total. The van der Waals surface area contributed by atoms with Gasteiger partial charge in [-0.25, -0.2) is 13.1 Å². The fourth-order valence-corrected chi connectivity index (χ4v) is 3.32. The Labute approximate surface area is 130 Å². The highest BCUT2D eigenvalue weighted by atomic mass is 79.9. The lowest BCUT2D eigenvalue weighted by atomic mass is 10.2. The van der Waals surface area contributed by atoms with E-state index in [4.69, 9.17) is 0 Å². The lowest BCUT2D eigenvalue weighted by Crippen LogP contribution is -2.30. The van der Waals surface area contributed by atoms with Crippen molar-refractivity contribution in [3.8, 4) is 0 Å². The second-order valence-corrected chi connectivity index (χ2v) is 7.31. The van der Waals surface area contributed by atoms with Crippen LogP contribution in [0.3, 0.4) is 0 Å². The van der Waals surface area contributed by atoms with Gasteiger partial charge in [-0.3, -0.25) is 0 Å². The Kier molecular flexibility index (Phi) is 7.15. The minimum Gasteiger partial charge on any atom is -0.304 e. The van der Waals surface area contributed by atoms with Crippen molar-refractivity contribution in [3.05, 3.63) is 28.2 Å². The zero-order valence-electron chi connectivity index (χ0n) is 12.3. The molecule has 0 aliphatic rings. The van der Waals surface area contributed by atoms with Gasteiger partial charge in [0.05, 0.1) is 4.90 Å². The van der Waals surface area contributed by atoms with Gasteiger partial charge >= 0.3 is 0 Å². The van der Waals surface area contributed by atoms with E-state index in [9.17, 15) is 8.42 Å². The lowest BCUT2D eigenvalue weighted by Gasteiger charge is -2.17. The molecule has 0 aromatic heterocycles. The van der Waals surface area contributed by atoms with E-state index >= 15 is 0 Å². The van der Waals surface area contributed by atoms with Gasteiger partial charge < -0.3 is 4.90 Å². The molecule has 0 amide bonds. The van der Waals surface area contributed by atoms with E-state index in [0.717, 1.165) is 36.1 Å². The molecule has 0 spiro atoms. The summed E-state index contributed by atoms with van der Waals surface area (Å²) in [6.45, 7) is 9.47. The lowest BCUT2D eigenvalue weighted by molar-refractivity contribution is 0.300. The van der Waals surface area contributed by atoms with Crippen LogP contribution >= 0.6 is 15.9 Å². The quantitative estimate of drug-likeness (QED) is 0.723. The predicted molar refractivity (Wildman–Crippen MR) is 86.5 cm³/mol. The molecule has 6 heteroatoms. The van der Waals surface area contributed by atoms with Crippen molar-refractivity contribution < 1.29 is 8.42 Å². The molecule has 0 saturated carbocycles. The summed E-state index contributed by atoms with van der Waals surface area (Å²) in [6, 6.07) is 5.06. The first-order valence-corrected chi connectivity index (χ1v) is 9.16. The van der Waals surface area contributed by atoms with Crippen LogP contribution in [0.15, 0.2) is 27.6 Å². The number of sulfonamides is 1. The van der Waals surface area contributed by atoms with Gasteiger partial charge in [0, 0.05) is 11.0 Å². The fourth-order valence-electron chi connectivity index (χ4n) is 1.92. The SMILES string of the molecule is CCN(CC)CCCNS(=O)(=O)c1ccc(Br)c(C)c1. The van der Waals surface area contributed by atoms with Crippen molar-refractivity contribution >= 4 is 26.0 Å². The average Bonchev–Trinajstić information content (AvgIpc) is 2.42. The van der Waals surface area contributed by atoms with Gasteiger partial charge in [0.1, 0.15) is 0 Å². The average molecular weight is 363 g/mol. The minimum atomic E-state index is -3.40. The van der Waals surface area contributed by atoms with Gasteiger partial charge in [-0.2, -0.15) is 0 Å². The summed E-state index contributed by atoms with van der Waals surface area (Å²) in [6.07, 6.45) is 0.816. The smallest absolute Gasteiger partial charge is 0.240 e. The number of rotatable bonds is 8. The Bertz CT molecular complexity index is 528. The van der Waals surface area contributed by atoms with Gasteiger partial charge in [0.15, 0.2) is 0 Å². The van der Waals surface area contributed by atoms with Crippen LogP contribution < -0.4 is 4.72 Å². The van der Waals surface area contributed by atoms with Crippen LogP contribution in [0.1, 0.15) is 25.8 Å². The third-order valence-corrected chi connectivity index (χ3v) is 5.63. The second kappa shape index (κ2) is 8.12. The summed E-state index contributed by atoms with van der Waals surface area (Å²) < 4.78 is 27.8. The zero-order valence-corrected chi connectivity index (χ0v) is 14.7. The topological polar surface area (TPSA) is 49.4 Å². The number of benzene rings is 1. The van der Waals surface area contributed by atoms with Crippen molar-refractivity contribution in [2.75, 3.05) is 26.2 Å². The Morgan fingerprint density at radius 1 is 1.25 bits per heavy atom. The summed E-state index contributed by atoms with van der Waals surface area (Å²) in [5.41, 5.74) is 0.913. The molecular formula is C14H23BrN2O2S. The maximum Gasteiger partial charge on any atom is 0.240 e. The molecule has 1 aromatic carbocycles. The summed E-state index contributed by atoms with van der Waals surface area (Å²) in [4.78, 5) is 2.60. The van der Waals surface area contributed by atoms with Crippen molar-refractivity contribution in [1.29, 1.82) is 0 Å². The van der Waals surface area contributed by atoms with Crippen molar-refractivity contribution in [3.63, 3.8) is 0 Å². The third kappa shape index (κ3) is 5.16. The molecule has 0 heterocycles. The fraction of sp³-hybridized carbons (Fsp3) is 0.571. The van der Waals surface area contributed by atoms with E-state index in [0.29, 0.717) is 11.4 Å². The molecule has 0 aliphatic heterocycles. The minimum absolute atomic E-state index is 0.320. The molecular weight excluding hydrogens is 340 g/mol. The number of nitrogens with one attached hydrogen (secondary N) is 1. The van der Waals surface area contributed by atoms with Crippen LogP contribution in [0.2, 0.25) is 0 Å². The summed E-state index contributed by atoms with van der Waals surface area (Å²) in [5.74, 6) is 0. The number of hydrogen-bond donors (Lipinski definition) is 1. The number of halogens is 1. The third-order valence-electron chi connectivity index (χ3n) is 3.28. The van der Waals surface area contributed by atoms with Crippen molar-refractivity contribution in [2.24, 2.45) is 0 Å². The van der Waals surface area contributed by atoms with E-state index in [1.165, 1.54) is 0 Å². The highest BCUT2D eigenvalue weighted by molar-refractivity contribution is 9.10. The van der Waals surface area contributed by atoms with Crippen LogP contribution in [-0.2, 0) is 10.0 Å². The number of hydrogen-bond acceptors (Lipinski definition) is 3. The van der Waals surface area contributed by atoms with E-state index in [1.54, 1.807) is 18.2 Å². The van der Waals surface area contributed by atoms with E-state index in [2.05, 4.69) is 39.4 Å². The first-order chi connectivity index (χ1) is 9.40. The molecule has 1 rings (SSSR count). The van der Waals surface area contributed by atoms with Gasteiger partial charge in [-0.1, -0.05) is 29.8 Å². The van der Waals surface area contributed by atoms with Crippen LogP contribution in [0, 0.1) is 6.92 Å². The molecule has 114 valence electrons. The molecule has 0 unspecified atom stereocenters. The molecule has 0 radical (unpaired) electrons. The Balaban J connectivity index is 2.55. The zero-order chi connectivity index (χ0) is 15.2. The first-order valence-electron chi connectivity index (χ1n) is 6.89. The Morgan fingerprint density at radius 3 is 2.45 bits per heavy atom. The first kappa shape index (κ1) is 17.6. The van der Waals surface area contributed by atoms with Crippen LogP contribution in [0.25, 0.3) is 0 Å². The molecule has 0 bridgehead atoms. The van der Waals surface area contributed by atoms with E-state index in [1.807, 2.05) is 6.92 Å². The molecule has 0 fully saturated rings. The summed E-state index contributed by atoms with van der Waals surface area (Å²) in [5, 5.41) is 0. The summed E-state index contributed by atoms with van der Waals surface area (Å²) in [7, 11) is -3.40. The van der Waals surface area contributed by atoms with E-state index < -0.39 is 10.0 Å². The van der Waals surface area contributed by atoms with Crippen LogP contribution in [-0.4, -0.2) is 39.5 Å². The van der Waals surface area contributed by atoms with Gasteiger partial charge in [0.25, 0.3) is 0 Å². The van der Waals surface area contributed by atoms with Gasteiger partial charge in [-0.05, 0) is 56.7 Å². The van der Waals surface area contributed by atoms with Crippen LogP contribution in [0.5, 0.6) is 0 Å². The highest BCUT2D eigenvalue weighted by Crippen LogP contribution is 2.19. The van der Waals surface area contributed by atoms with E-state index in [-0.39, 0.29) is 0 Å². The standard InChI is InChI=1S/C14H23BrN2O2S/c1-4-17(5-2)10-6-9-16-20(18,19)13-7-8-14(15)12(3)11-13/h7-8,11,16H,4-6,9-10H2,1-3H3. The largest absolute Gasteiger partial charge is 0.304 e. The van der Waals surface area contributed by atoms with Crippen molar-refractivity contribution in [1.82, 2.24) is 9.62 Å². The molecule has 0 atom stereocenters. The number of nitrogens with zero attached hydrogens (tertiary/aromatic N) is 1. The molecule has 0 saturated heterocycles.